The fourth-order valence-electron chi connectivity index (χ4n) is 0.807. The molecule has 3 N–H and O–H groups in total. The highest BCUT2D eigenvalue weighted by molar-refractivity contribution is 5.46. The van der Waals surface area contributed by atoms with Gasteiger partial charge in [-0.25, -0.2) is 9.97 Å². The first-order valence-electron chi connectivity index (χ1n) is 3.94. The van der Waals surface area contributed by atoms with Crippen LogP contribution in [0.25, 0.3) is 0 Å². The van der Waals surface area contributed by atoms with Gasteiger partial charge in [-0.3, -0.25) is 0 Å². The van der Waals surface area contributed by atoms with Crippen LogP contribution in [0.2, 0.25) is 0 Å². The van der Waals surface area contributed by atoms with E-state index in [1.54, 1.807) is 0 Å². The number of rotatable bonds is 3. The van der Waals surface area contributed by atoms with Crippen molar-refractivity contribution < 1.29 is 0 Å². The van der Waals surface area contributed by atoms with Gasteiger partial charge in [-0.05, 0) is 6.92 Å². The van der Waals surface area contributed by atoms with E-state index < -0.39 is 0 Å². The van der Waals surface area contributed by atoms with Crippen LogP contribution < -0.4 is 11.1 Å². The highest BCUT2D eigenvalue weighted by Crippen LogP contribution is 2.05. The summed E-state index contributed by atoms with van der Waals surface area (Å²) in [5, 5.41) is 11.6. The van der Waals surface area contributed by atoms with Crippen LogP contribution in [0.3, 0.4) is 0 Å². The summed E-state index contributed by atoms with van der Waals surface area (Å²) in [5.74, 6) is 0.488. The van der Waals surface area contributed by atoms with E-state index in [1.165, 1.54) is 12.4 Å². The van der Waals surface area contributed by atoms with Crippen LogP contribution in [0.4, 0.5) is 5.82 Å². The minimum absolute atomic E-state index is 0.0218. The van der Waals surface area contributed by atoms with Gasteiger partial charge in [0.15, 0.2) is 11.5 Å². The van der Waals surface area contributed by atoms with Crippen molar-refractivity contribution in [3.05, 3.63) is 18.1 Å². The van der Waals surface area contributed by atoms with Crippen LogP contribution in [0.15, 0.2) is 12.4 Å². The number of hydrogen-bond donors (Lipinski definition) is 2. The summed E-state index contributed by atoms with van der Waals surface area (Å²) in [6, 6.07) is 1.96. The molecule has 1 aromatic heterocycles. The minimum atomic E-state index is 0.0218. The third-order valence-electron chi connectivity index (χ3n) is 1.40. The molecule has 0 amide bonds. The molecule has 0 bridgehead atoms. The smallest absolute Gasteiger partial charge is 0.182 e. The van der Waals surface area contributed by atoms with Gasteiger partial charge in [-0.1, -0.05) is 0 Å². The van der Waals surface area contributed by atoms with Crippen molar-refractivity contribution >= 4 is 5.82 Å². The number of aromatic nitrogens is 2. The Morgan fingerprint density at radius 1 is 1.62 bits per heavy atom. The summed E-state index contributed by atoms with van der Waals surface area (Å²) >= 11 is 0. The van der Waals surface area contributed by atoms with E-state index in [-0.39, 0.29) is 6.04 Å². The van der Waals surface area contributed by atoms with Gasteiger partial charge in [0.1, 0.15) is 6.07 Å². The van der Waals surface area contributed by atoms with Crippen molar-refractivity contribution in [2.24, 2.45) is 5.73 Å². The molecule has 13 heavy (non-hydrogen) atoms. The SMILES string of the molecule is CC(N)CNc1nccnc1C#N. The predicted molar refractivity (Wildman–Crippen MR) is 48.9 cm³/mol. The van der Waals surface area contributed by atoms with Gasteiger partial charge < -0.3 is 11.1 Å². The molecule has 0 aliphatic heterocycles. The Bertz CT molecular complexity index is 315. The summed E-state index contributed by atoms with van der Waals surface area (Å²) in [5.41, 5.74) is 5.83. The maximum Gasteiger partial charge on any atom is 0.182 e. The second-order valence-electron chi connectivity index (χ2n) is 2.72. The highest BCUT2D eigenvalue weighted by Gasteiger charge is 2.03. The fraction of sp³-hybridized carbons (Fsp3) is 0.375. The monoisotopic (exact) mass is 177 g/mol. The summed E-state index contributed by atoms with van der Waals surface area (Å²) in [7, 11) is 0. The maximum atomic E-state index is 8.66. The van der Waals surface area contributed by atoms with E-state index in [4.69, 9.17) is 11.0 Å². The van der Waals surface area contributed by atoms with E-state index >= 15 is 0 Å². The van der Waals surface area contributed by atoms with Gasteiger partial charge in [-0.15, -0.1) is 0 Å². The lowest BCUT2D eigenvalue weighted by Gasteiger charge is -2.07. The molecule has 0 spiro atoms. The van der Waals surface area contributed by atoms with Gasteiger partial charge in [0.2, 0.25) is 0 Å². The molecule has 68 valence electrons. The predicted octanol–water partition coefficient (Wildman–Crippen LogP) is 0.107. The second kappa shape index (κ2) is 4.38. The molecule has 1 aromatic rings. The molecule has 0 fully saturated rings. The van der Waals surface area contributed by atoms with E-state index in [1.807, 2.05) is 13.0 Å². The molecule has 1 atom stereocenters. The zero-order valence-electron chi connectivity index (χ0n) is 7.36. The van der Waals surface area contributed by atoms with Gasteiger partial charge in [0, 0.05) is 25.0 Å². The maximum absolute atomic E-state index is 8.66. The van der Waals surface area contributed by atoms with Crippen molar-refractivity contribution in [2.75, 3.05) is 11.9 Å². The standard InChI is InChI=1S/C8H11N5/c1-6(10)5-13-8-7(4-9)11-2-3-12-8/h2-3,6H,5,10H2,1H3,(H,12,13). The van der Waals surface area contributed by atoms with E-state index in [9.17, 15) is 0 Å². The third kappa shape index (κ3) is 2.69. The lowest BCUT2D eigenvalue weighted by Crippen LogP contribution is -2.25. The Hall–Kier alpha value is -1.67. The second-order valence-corrected chi connectivity index (χ2v) is 2.72. The van der Waals surface area contributed by atoms with Crippen molar-refractivity contribution in [3.63, 3.8) is 0 Å². The molecule has 0 saturated carbocycles. The van der Waals surface area contributed by atoms with Crippen LogP contribution >= 0.6 is 0 Å². The Labute approximate surface area is 76.6 Å². The normalized spacial score (nSPS) is 11.8. The summed E-state index contributed by atoms with van der Waals surface area (Å²) in [6.07, 6.45) is 3.01. The van der Waals surface area contributed by atoms with Crippen LogP contribution in [-0.4, -0.2) is 22.6 Å². The zero-order valence-corrected chi connectivity index (χ0v) is 7.36. The lowest BCUT2D eigenvalue weighted by molar-refractivity contribution is 0.776. The Morgan fingerprint density at radius 3 is 2.92 bits per heavy atom. The largest absolute Gasteiger partial charge is 0.366 e. The minimum Gasteiger partial charge on any atom is -0.366 e. The van der Waals surface area contributed by atoms with Crippen LogP contribution in [0.5, 0.6) is 0 Å². The Morgan fingerprint density at radius 2 is 2.31 bits per heavy atom. The highest BCUT2D eigenvalue weighted by atomic mass is 15.0. The summed E-state index contributed by atoms with van der Waals surface area (Å²) < 4.78 is 0. The van der Waals surface area contributed by atoms with Gasteiger partial charge in [-0.2, -0.15) is 5.26 Å². The van der Waals surface area contributed by atoms with Crippen molar-refractivity contribution in [3.8, 4) is 6.07 Å². The molecule has 1 rings (SSSR count). The van der Waals surface area contributed by atoms with Crippen LogP contribution in [0, 0.1) is 11.3 Å². The van der Waals surface area contributed by atoms with Gasteiger partial charge in [0.25, 0.3) is 0 Å². The quantitative estimate of drug-likeness (QED) is 0.684. The lowest BCUT2D eigenvalue weighted by atomic mass is 10.3. The number of nitriles is 1. The van der Waals surface area contributed by atoms with E-state index in [2.05, 4.69) is 15.3 Å². The molecule has 5 heteroatoms. The first kappa shape index (κ1) is 9.42. The third-order valence-corrected chi connectivity index (χ3v) is 1.40. The zero-order chi connectivity index (χ0) is 9.68. The number of nitrogens with one attached hydrogen (secondary N) is 1. The van der Waals surface area contributed by atoms with E-state index in [0.717, 1.165) is 0 Å². The molecule has 1 heterocycles. The first-order chi connectivity index (χ1) is 6.24. The molecular weight excluding hydrogens is 166 g/mol. The first-order valence-corrected chi connectivity index (χ1v) is 3.94. The van der Waals surface area contributed by atoms with E-state index in [0.29, 0.717) is 18.1 Å². The number of hydrogen-bond acceptors (Lipinski definition) is 5. The molecule has 0 radical (unpaired) electrons. The number of nitrogens with two attached hydrogens (primary N) is 1. The Balaban J connectivity index is 2.71. The van der Waals surface area contributed by atoms with Crippen molar-refractivity contribution in [1.82, 2.24) is 9.97 Å². The average molecular weight is 177 g/mol. The van der Waals surface area contributed by atoms with Gasteiger partial charge >= 0.3 is 0 Å². The summed E-state index contributed by atoms with van der Waals surface area (Å²) in [4.78, 5) is 7.82. The fourth-order valence-corrected chi connectivity index (χ4v) is 0.807. The Kier molecular flexibility index (Phi) is 3.17. The van der Waals surface area contributed by atoms with Crippen molar-refractivity contribution in [1.29, 1.82) is 5.26 Å². The molecule has 0 aromatic carbocycles. The van der Waals surface area contributed by atoms with Gasteiger partial charge in [0.05, 0.1) is 0 Å². The van der Waals surface area contributed by atoms with Crippen LogP contribution in [0.1, 0.15) is 12.6 Å². The molecule has 0 aliphatic carbocycles. The number of anilines is 1. The topological polar surface area (TPSA) is 87.6 Å². The average Bonchev–Trinajstić information content (AvgIpc) is 2.15. The van der Waals surface area contributed by atoms with Crippen LogP contribution in [-0.2, 0) is 0 Å². The van der Waals surface area contributed by atoms with Crippen molar-refractivity contribution in [2.45, 2.75) is 13.0 Å². The molecule has 0 saturated heterocycles. The molecule has 0 aliphatic rings. The number of nitrogens with zero attached hydrogens (tertiary/aromatic N) is 3. The molecular formula is C8H11N5. The summed E-state index contributed by atoms with van der Waals surface area (Å²) in [6.45, 7) is 2.45. The molecule has 1 unspecified atom stereocenters. The molecule has 5 nitrogen and oxygen atoms in total.